The molecule has 5 nitrogen and oxygen atoms in total. The monoisotopic (exact) mass is 258 g/mol. The first kappa shape index (κ1) is 13.7. The standard InChI is InChI=1S/C11H14O5S/c1-7(2)8-3-4-10(11(12)13)9(5-8)6-17(14,15)16/h3-5,7H,6H2,1-2H3,(H,12,13)(H,14,15,16). The number of benzene rings is 1. The number of rotatable bonds is 4. The second-order valence-electron chi connectivity index (χ2n) is 4.10. The summed E-state index contributed by atoms with van der Waals surface area (Å²) in [5, 5.41) is 8.92. The Morgan fingerprint density at radius 2 is 1.94 bits per heavy atom. The fourth-order valence-corrected chi connectivity index (χ4v) is 2.13. The second-order valence-corrected chi connectivity index (χ2v) is 5.56. The smallest absolute Gasteiger partial charge is 0.335 e. The first-order valence-electron chi connectivity index (χ1n) is 5.02. The van der Waals surface area contributed by atoms with E-state index in [2.05, 4.69) is 0 Å². The summed E-state index contributed by atoms with van der Waals surface area (Å²) in [6.07, 6.45) is 0. The molecule has 0 aliphatic heterocycles. The van der Waals surface area contributed by atoms with E-state index in [1.54, 1.807) is 6.07 Å². The zero-order valence-corrected chi connectivity index (χ0v) is 10.4. The van der Waals surface area contributed by atoms with Gasteiger partial charge in [-0.3, -0.25) is 4.55 Å². The van der Waals surface area contributed by atoms with Crippen LogP contribution in [0.2, 0.25) is 0 Å². The van der Waals surface area contributed by atoms with Crippen molar-refractivity contribution in [2.45, 2.75) is 25.5 Å². The Bertz CT molecular complexity index is 531. The van der Waals surface area contributed by atoms with Crippen molar-refractivity contribution >= 4 is 16.1 Å². The number of hydrogen-bond acceptors (Lipinski definition) is 3. The summed E-state index contributed by atoms with van der Waals surface area (Å²) in [4.78, 5) is 10.9. The van der Waals surface area contributed by atoms with Crippen LogP contribution in [0, 0.1) is 0 Å². The number of carbonyl (C=O) groups is 1. The maximum Gasteiger partial charge on any atom is 0.335 e. The zero-order valence-electron chi connectivity index (χ0n) is 9.54. The third-order valence-corrected chi connectivity index (χ3v) is 3.04. The van der Waals surface area contributed by atoms with Gasteiger partial charge in [0.05, 0.1) is 5.56 Å². The zero-order chi connectivity index (χ0) is 13.2. The highest BCUT2D eigenvalue weighted by molar-refractivity contribution is 7.85. The molecule has 0 fully saturated rings. The minimum Gasteiger partial charge on any atom is -0.478 e. The Morgan fingerprint density at radius 3 is 2.35 bits per heavy atom. The van der Waals surface area contributed by atoms with E-state index in [0.717, 1.165) is 5.56 Å². The molecule has 2 N–H and O–H groups in total. The summed E-state index contributed by atoms with van der Waals surface area (Å²) < 4.78 is 30.4. The predicted octanol–water partition coefficient (Wildman–Crippen LogP) is 1.90. The van der Waals surface area contributed by atoms with E-state index in [9.17, 15) is 13.2 Å². The van der Waals surface area contributed by atoms with E-state index in [0.29, 0.717) is 0 Å². The van der Waals surface area contributed by atoms with E-state index in [-0.39, 0.29) is 17.0 Å². The van der Waals surface area contributed by atoms with Crippen molar-refractivity contribution in [1.82, 2.24) is 0 Å². The maximum absolute atomic E-state index is 10.9. The summed E-state index contributed by atoms with van der Waals surface area (Å²) in [5.74, 6) is -1.74. The van der Waals surface area contributed by atoms with Crippen molar-refractivity contribution in [2.24, 2.45) is 0 Å². The summed E-state index contributed by atoms with van der Waals surface area (Å²) >= 11 is 0. The van der Waals surface area contributed by atoms with Gasteiger partial charge in [0.1, 0.15) is 5.75 Å². The highest BCUT2D eigenvalue weighted by Gasteiger charge is 2.16. The molecule has 1 aromatic rings. The van der Waals surface area contributed by atoms with Gasteiger partial charge in [-0.1, -0.05) is 26.0 Å². The largest absolute Gasteiger partial charge is 0.478 e. The molecule has 6 heteroatoms. The van der Waals surface area contributed by atoms with Crippen molar-refractivity contribution in [1.29, 1.82) is 0 Å². The molecule has 0 amide bonds. The van der Waals surface area contributed by atoms with E-state index in [1.807, 2.05) is 13.8 Å². The van der Waals surface area contributed by atoms with Gasteiger partial charge in [-0.25, -0.2) is 4.79 Å². The molecule has 0 aliphatic rings. The number of hydrogen-bond donors (Lipinski definition) is 2. The normalized spacial score (nSPS) is 11.8. The minimum absolute atomic E-state index is 0.103. The highest BCUT2D eigenvalue weighted by Crippen LogP contribution is 2.20. The third-order valence-electron chi connectivity index (χ3n) is 2.36. The first-order chi connectivity index (χ1) is 7.70. The Morgan fingerprint density at radius 1 is 1.35 bits per heavy atom. The van der Waals surface area contributed by atoms with Gasteiger partial charge < -0.3 is 5.11 Å². The van der Waals surface area contributed by atoms with Crippen LogP contribution in [0.3, 0.4) is 0 Å². The quantitative estimate of drug-likeness (QED) is 0.805. The van der Waals surface area contributed by atoms with Crippen LogP contribution in [0.15, 0.2) is 18.2 Å². The van der Waals surface area contributed by atoms with Gasteiger partial charge in [-0.05, 0) is 23.1 Å². The lowest BCUT2D eigenvalue weighted by Crippen LogP contribution is -2.09. The lowest BCUT2D eigenvalue weighted by atomic mass is 9.98. The fourth-order valence-electron chi connectivity index (χ4n) is 1.50. The Balaban J connectivity index is 3.30. The molecule has 0 spiro atoms. The molecule has 0 atom stereocenters. The first-order valence-corrected chi connectivity index (χ1v) is 6.63. The Kier molecular flexibility index (Phi) is 3.90. The van der Waals surface area contributed by atoms with Crippen LogP contribution in [0.4, 0.5) is 0 Å². The topological polar surface area (TPSA) is 91.7 Å². The van der Waals surface area contributed by atoms with Crippen molar-refractivity contribution in [2.75, 3.05) is 0 Å². The van der Waals surface area contributed by atoms with Gasteiger partial charge in [-0.15, -0.1) is 0 Å². The van der Waals surface area contributed by atoms with Crippen molar-refractivity contribution in [3.05, 3.63) is 34.9 Å². The van der Waals surface area contributed by atoms with Gasteiger partial charge in [0.2, 0.25) is 0 Å². The van der Waals surface area contributed by atoms with Crippen molar-refractivity contribution in [3.8, 4) is 0 Å². The van der Waals surface area contributed by atoms with Gasteiger partial charge in [0.25, 0.3) is 10.1 Å². The van der Waals surface area contributed by atoms with E-state index in [1.165, 1.54) is 12.1 Å². The van der Waals surface area contributed by atoms with Crippen LogP contribution >= 0.6 is 0 Å². The SMILES string of the molecule is CC(C)c1ccc(C(=O)O)c(CS(=O)(=O)O)c1. The summed E-state index contributed by atoms with van der Waals surface area (Å²) in [6, 6.07) is 4.50. The van der Waals surface area contributed by atoms with Crippen LogP contribution in [-0.4, -0.2) is 24.0 Å². The Hall–Kier alpha value is -1.40. The molecule has 0 radical (unpaired) electrons. The molecule has 94 valence electrons. The molecule has 1 aromatic carbocycles. The molecular weight excluding hydrogens is 244 g/mol. The molecule has 0 aromatic heterocycles. The van der Waals surface area contributed by atoms with Crippen molar-refractivity contribution in [3.63, 3.8) is 0 Å². The fraction of sp³-hybridized carbons (Fsp3) is 0.364. The van der Waals surface area contributed by atoms with E-state index >= 15 is 0 Å². The van der Waals surface area contributed by atoms with Crippen molar-refractivity contribution < 1.29 is 22.9 Å². The highest BCUT2D eigenvalue weighted by atomic mass is 32.2. The molecule has 1 rings (SSSR count). The molecule has 0 heterocycles. The lowest BCUT2D eigenvalue weighted by molar-refractivity contribution is 0.0696. The molecule has 0 unspecified atom stereocenters. The van der Waals surface area contributed by atoms with Gasteiger partial charge in [0.15, 0.2) is 0 Å². The van der Waals surface area contributed by atoms with Crippen LogP contribution < -0.4 is 0 Å². The number of carboxylic acid groups (broad SMARTS) is 1. The second kappa shape index (κ2) is 4.85. The molecule has 0 saturated carbocycles. The summed E-state index contributed by atoms with van der Waals surface area (Å²) in [6.45, 7) is 3.82. The summed E-state index contributed by atoms with van der Waals surface area (Å²) in [5.41, 5.74) is 0.826. The number of carboxylic acids is 1. The molecule has 0 saturated heterocycles. The molecular formula is C11H14O5S. The predicted molar refractivity (Wildman–Crippen MR) is 62.7 cm³/mol. The maximum atomic E-state index is 10.9. The average Bonchev–Trinajstić information content (AvgIpc) is 2.14. The van der Waals surface area contributed by atoms with E-state index in [4.69, 9.17) is 9.66 Å². The molecule has 0 bridgehead atoms. The van der Waals surface area contributed by atoms with Crippen LogP contribution in [0.1, 0.15) is 41.3 Å². The van der Waals surface area contributed by atoms with Crippen LogP contribution in [0.25, 0.3) is 0 Å². The van der Waals surface area contributed by atoms with Crippen LogP contribution in [0.5, 0.6) is 0 Å². The van der Waals surface area contributed by atoms with Gasteiger partial charge >= 0.3 is 5.97 Å². The van der Waals surface area contributed by atoms with Crippen LogP contribution in [-0.2, 0) is 15.9 Å². The summed E-state index contributed by atoms with van der Waals surface area (Å²) in [7, 11) is -4.24. The Labute approximate surface area is 99.8 Å². The average molecular weight is 258 g/mol. The minimum atomic E-state index is -4.24. The molecule has 17 heavy (non-hydrogen) atoms. The third kappa shape index (κ3) is 3.83. The van der Waals surface area contributed by atoms with Gasteiger partial charge in [0, 0.05) is 0 Å². The number of aromatic carboxylic acids is 1. The lowest BCUT2D eigenvalue weighted by Gasteiger charge is -2.10. The van der Waals surface area contributed by atoms with Gasteiger partial charge in [-0.2, -0.15) is 8.42 Å². The van der Waals surface area contributed by atoms with E-state index < -0.39 is 21.8 Å². The molecule has 0 aliphatic carbocycles.